The van der Waals surface area contributed by atoms with E-state index in [0.717, 1.165) is 68.6 Å². The summed E-state index contributed by atoms with van der Waals surface area (Å²) < 4.78 is 7.71. The fourth-order valence-electron chi connectivity index (χ4n) is 4.05. The topological polar surface area (TPSA) is 59.3 Å². The minimum Gasteiger partial charge on any atom is -0.376 e. The molecule has 0 saturated carbocycles. The van der Waals surface area contributed by atoms with Crippen molar-refractivity contribution in [1.29, 1.82) is 0 Å². The molecule has 7 nitrogen and oxygen atoms in total. The van der Waals surface area contributed by atoms with Gasteiger partial charge < -0.3 is 9.64 Å². The monoisotopic (exact) mass is 390 g/mol. The van der Waals surface area contributed by atoms with Crippen LogP contribution in [-0.2, 0) is 11.3 Å². The highest BCUT2D eigenvalue weighted by Crippen LogP contribution is 2.33. The van der Waals surface area contributed by atoms with Gasteiger partial charge in [-0.2, -0.15) is 0 Å². The summed E-state index contributed by atoms with van der Waals surface area (Å²) in [7, 11) is 0. The van der Waals surface area contributed by atoms with Crippen LogP contribution < -0.4 is 0 Å². The molecule has 3 heterocycles. The number of likely N-dealkylation sites (N-methyl/N-ethyl adjacent to an activating group) is 1. The van der Waals surface area contributed by atoms with Gasteiger partial charge in [0, 0.05) is 37.8 Å². The summed E-state index contributed by atoms with van der Waals surface area (Å²) in [5.41, 5.74) is 1.06. The van der Waals surface area contributed by atoms with Gasteiger partial charge in [-0.25, -0.2) is 4.68 Å². The van der Waals surface area contributed by atoms with E-state index in [2.05, 4.69) is 38.3 Å². The largest absolute Gasteiger partial charge is 0.376 e. The first-order valence-electron chi connectivity index (χ1n) is 9.84. The maximum Gasteiger partial charge on any atom is 0.173 e. The lowest BCUT2D eigenvalue weighted by atomic mass is 10.0. The van der Waals surface area contributed by atoms with E-state index < -0.39 is 0 Å². The third-order valence-electron chi connectivity index (χ3n) is 5.62. The lowest BCUT2D eigenvalue weighted by Crippen LogP contribution is -2.48. The second kappa shape index (κ2) is 8.65. The minimum absolute atomic E-state index is 0.0471. The van der Waals surface area contributed by atoms with E-state index in [1.165, 1.54) is 0 Å². The van der Waals surface area contributed by atoms with Crippen LogP contribution in [0.4, 0.5) is 0 Å². The first-order chi connectivity index (χ1) is 13.3. The Bertz CT molecular complexity index is 739. The molecule has 0 aliphatic carbocycles. The highest BCUT2D eigenvalue weighted by atomic mass is 35.5. The van der Waals surface area contributed by atoms with Gasteiger partial charge >= 0.3 is 0 Å². The van der Waals surface area contributed by atoms with E-state index in [9.17, 15) is 0 Å². The third kappa shape index (κ3) is 4.16. The number of ether oxygens (including phenoxy) is 1. The van der Waals surface area contributed by atoms with Gasteiger partial charge in [-0.3, -0.25) is 4.90 Å². The van der Waals surface area contributed by atoms with Crippen molar-refractivity contribution in [3.8, 4) is 0 Å². The predicted molar refractivity (Wildman–Crippen MR) is 104 cm³/mol. The molecule has 0 unspecified atom stereocenters. The van der Waals surface area contributed by atoms with E-state index in [1.54, 1.807) is 0 Å². The molecule has 0 N–H and O–H groups in total. The number of halogens is 1. The molecule has 146 valence electrons. The first-order valence-corrected chi connectivity index (χ1v) is 10.2. The molecule has 2 aromatic rings. The molecule has 2 fully saturated rings. The summed E-state index contributed by atoms with van der Waals surface area (Å²) in [6, 6.07) is 7.98. The number of nitrogens with zero attached hydrogens (tertiary/aromatic N) is 6. The van der Waals surface area contributed by atoms with Crippen LogP contribution in [0.5, 0.6) is 0 Å². The van der Waals surface area contributed by atoms with Gasteiger partial charge in [0.1, 0.15) is 0 Å². The van der Waals surface area contributed by atoms with Crippen LogP contribution in [0.1, 0.15) is 37.2 Å². The van der Waals surface area contributed by atoms with Gasteiger partial charge in [0.2, 0.25) is 0 Å². The summed E-state index contributed by atoms with van der Waals surface area (Å²) in [6.07, 6.45) is 2.36. The number of benzene rings is 1. The Labute approximate surface area is 165 Å². The molecule has 0 amide bonds. The molecule has 2 atom stereocenters. The molecular formula is C19H27ClN6O. The van der Waals surface area contributed by atoms with E-state index in [-0.39, 0.29) is 12.1 Å². The molecule has 0 radical (unpaired) electrons. The Balaban J connectivity index is 1.64. The Morgan fingerprint density at radius 3 is 2.74 bits per heavy atom. The van der Waals surface area contributed by atoms with E-state index in [1.807, 2.05) is 22.9 Å². The quantitative estimate of drug-likeness (QED) is 0.753. The summed E-state index contributed by atoms with van der Waals surface area (Å²) in [6.45, 7) is 8.85. The molecule has 0 spiro atoms. The van der Waals surface area contributed by atoms with E-state index >= 15 is 0 Å². The smallest absolute Gasteiger partial charge is 0.173 e. The molecule has 1 aromatic heterocycles. The van der Waals surface area contributed by atoms with Crippen molar-refractivity contribution in [1.82, 2.24) is 30.0 Å². The number of hydrogen-bond donors (Lipinski definition) is 0. The van der Waals surface area contributed by atoms with Crippen LogP contribution in [0.25, 0.3) is 0 Å². The Hall–Kier alpha value is -1.54. The normalized spacial score (nSPS) is 23.0. The second-order valence-electron chi connectivity index (χ2n) is 7.25. The maximum absolute atomic E-state index is 6.59. The average Bonchev–Trinajstić information content (AvgIpc) is 3.37. The number of tetrazole rings is 1. The number of hydrogen-bond acceptors (Lipinski definition) is 6. The molecule has 1 aromatic carbocycles. The number of rotatable bonds is 6. The van der Waals surface area contributed by atoms with Crippen molar-refractivity contribution in [2.75, 3.05) is 39.3 Å². The van der Waals surface area contributed by atoms with Gasteiger partial charge in [0.15, 0.2) is 5.82 Å². The average molecular weight is 391 g/mol. The molecule has 2 saturated heterocycles. The lowest BCUT2D eigenvalue weighted by molar-refractivity contribution is 0.0861. The molecule has 2 aliphatic heterocycles. The molecular weight excluding hydrogens is 364 g/mol. The third-order valence-corrected chi connectivity index (χ3v) is 5.97. The summed E-state index contributed by atoms with van der Waals surface area (Å²) >= 11 is 6.59. The second-order valence-corrected chi connectivity index (χ2v) is 7.66. The zero-order chi connectivity index (χ0) is 18.6. The number of aromatic nitrogens is 4. The van der Waals surface area contributed by atoms with Crippen LogP contribution in [0.15, 0.2) is 24.3 Å². The first kappa shape index (κ1) is 18.8. The Kier molecular flexibility index (Phi) is 6.02. The molecule has 4 rings (SSSR count). The van der Waals surface area contributed by atoms with Crippen molar-refractivity contribution >= 4 is 11.6 Å². The van der Waals surface area contributed by atoms with E-state index in [4.69, 9.17) is 16.3 Å². The maximum atomic E-state index is 6.59. The summed E-state index contributed by atoms with van der Waals surface area (Å²) in [5.74, 6) is 0.851. The van der Waals surface area contributed by atoms with Crippen molar-refractivity contribution in [3.63, 3.8) is 0 Å². The summed E-state index contributed by atoms with van der Waals surface area (Å²) in [4.78, 5) is 4.92. The van der Waals surface area contributed by atoms with Crippen LogP contribution in [0.2, 0.25) is 5.02 Å². The zero-order valence-electron chi connectivity index (χ0n) is 15.8. The molecule has 2 aliphatic rings. The number of piperazine rings is 1. The summed E-state index contributed by atoms with van der Waals surface area (Å²) in [5, 5.41) is 13.4. The van der Waals surface area contributed by atoms with Gasteiger partial charge in [-0.1, -0.05) is 36.7 Å². The Morgan fingerprint density at radius 1 is 1.22 bits per heavy atom. The fraction of sp³-hybridized carbons (Fsp3) is 0.632. The van der Waals surface area contributed by atoms with Crippen LogP contribution >= 0.6 is 11.6 Å². The SMILES string of the molecule is CCN1CCN([C@@H](c2ccccc2Cl)c2nnnn2C[C@H]2CCCO2)CC1. The zero-order valence-corrected chi connectivity index (χ0v) is 16.6. The van der Waals surface area contributed by atoms with Gasteiger partial charge in [0.05, 0.1) is 18.7 Å². The highest BCUT2D eigenvalue weighted by Gasteiger charge is 2.32. The van der Waals surface area contributed by atoms with Crippen molar-refractivity contribution in [2.45, 2.75) is 38.5 Å². The van der Waals surface area contributed by atoms with Gasteiger partial charge in [0.25, 0.3) is 0 Å². The molecule has 27 heavy (non-hydrogen) atoms. The fourth-order valence-corrected chi connectivity index (χ4v) is 4.29. The molecule has 0 bridgehead atoms. The van der Waals surface area contributed by atoms with Gasteiger partial charge in [-0.05, 0) is 41.4 Å². The van der Waals surface area contributed by atoms with E-state index in [0.29, 0.717) is 6.54 Å². The van der Waals surface area contributed by atoms with Crippen molar-refractivity contribution < 1.29 is 4.74 Å². The van der Waals surface area contributed by atoms with Crippen molar-refractivity contribution in [2.24, 2.45) is 0 Å². The van der Waals surface area contributed by atoms with Crippen LogP contribution in [-0.4, -0.2) is 75.4 Å². The van der Waals surface area contributed by atoms with Gasteiger partial charge in [-0.15, -0.1) is 5.10 Å². The molecule has 8 heteroatoms. The lowest BCUT2D eigenvalue weighted by Gasteiger charge is -2.38. The van der Waals surface area contributed by atoms with Crippen LogP contribution in [0.3, 0.4) is 0 Å². The van der Waals surface area contributed by atoms with Crippen LogP contribution in [0, 0.1) is 0 Å². The van der Waals surface area contributed by atoms with Crippen molar-refractivity contribution in [3.05, 3.63) is 40.7 Å². The highest BCUT2D eigenvalue weighted by molar-refractivity contribution is 6.31. The standard InChI is InChI=1S/C19H27ClN6O/c1-2-24-9-11-25(12-10-24)18(16-7-3-4-8-17(16)20)19-21-22-23-26(19)14-15-6-5-13-27-15/h3-4,7-8,15,18H,2,5-6,9-14H2,1H3/t15-,18+/m1/s1. The Morgan fingerprint density at radius 2 is 2.04 bits per heavy atom. The minimum atomic E-state index is -0.0471. The predicted octanol–water partition coefficient (Wildman–Crippen LogP) is 2.23.